The van der Waals surface area contributed by atoms with E-state index in [1.807, 2.05) is 44.2 Å². The van der Waals surface area contributed by atoms with Crippen molar-refractivity contribution in [1.29, 1.82) is 0 Å². The molecule has 4 heteroatoms. The van der Waals surface area contributed by atoms with Gasteiger partial charge in [-0.2, -0.15) is 0 Å². The van der Waals surface area contributed by atoms with E-state index in [1.165, 1.54) is 0 Å². The topological polar surface area (TPSA) is 72.2 Å². The van der Waals surface area contributed by atoms with Crippen molar-refractivity contribution >= 4 is 17.5 Å². The smallest absolute Gasteiger partial charge is 0.248 e. The van der Waals surface area contributed by atoms with Crippen LogP contribution in [0.25, 0.3) is 0 Å². The van der Waals surface area contributed by atoms with Crippen LogP contribution in [0, 0.1) is 5.92 Å². The number of primary amides is 1. The van der Waals surface area contributed by atoms with Crippen LogP contribution in [0.4, 0.5) is 5.69 Å². The van der Waals surface area contributed by atoms with Gasteiger partial charge in [0.25, 0.3) is 0 Å². The van der Waals surface area contributed by atoms with Crippen molar-refractivity contribution in [2.45, 2.75) is 19.8 Å². The van der Waals surface area contributed by atoms with Crippen LogP contribution >= 0.6 is 0 Å². The molecule has 1 atom stereocenters. The number of rotatable bonds is 5. The van der Waals surface area contributed by atoms with Gasteiger partial charge in [-0.15, -0.1) is 0 Å². The second-order valence-corrected chi connectivity index (χ2v) is 5.56. The Hall–Kier alpha value is -2.62. The largest absolute Gasteiger partial charge is 0.366 e. The van der Waals surface area contributed by atoms with E-state index in [4.69, 9.17) is 5.73 Å². The molecule has 0 aliphatic heterocycles. The van der Waals surface area contributed by atoms with Crippen LogP contribution in [0.1, 0.15) is 35.7 Å². The summed E-state index contributed by atoms with van der Waals surface area (Å²) in [6, 6.07) is 16.3. The summed E-state index contributed by atoms with van der Waals surface area (Å²) in [5.74, 6) is -0.598. The van der Waals surface area contributed by atoms with Crippen molar-refractivity contribution in [3.8, 4) is 0 Å². The summed E-state index contributed by atoms with van der Waals surface area (Å²) in [5.41, 5.74) is 7.26. The molecule has 0 aliphatic carbocycles. The molecular formula is C18H20N2O2. The molecule has 2 rings (SSSR count). The van der Waals surface area contributed by atoms with Crippen molar-refractivity contribution < 1.29 is 9.59 Å². The molecule has 0 bridgehead atoms. The molecule has 2 aromatic carbocycles. The number of carbonyl (C=O) groups excluding carboxylic acids is 2. The van der Waals surface area contributed by atoms with Crippen LogP contribution in [0.2, 0.25) is 0 Å². The Morgan fingerprint density at radius 2 is 1.55 bits per heavy atom. The second kappa shape index (κ2) is 6.89. The summed E-state index contributed by atoms with van der Waals surface area (Å²) in [6.07, 6.45) is 0. The molecule has 0 aliphatic rings. The zero-order chi connectivity index (χ0) is 16.1. The zero-order valence-corrected chi connectivity index (χ0v) is 12.7. The van der Waals surface area contributed by atoms with Gasteiger partial charge in [0.1, 0.15) is 0 Å². The molecule has 0 saturated carbocycles. The highest BCUT2D eigenvalue weighted by Gasteiger charge is 2.24. The molecule has 0 aromatic heterocycles. The summed E-state index contributed by atoms with van der Waals surface area (Å²) < 4.78 is 0. The van der Waals surface area contributed by atoms with E-state index in [0.29, 0.717) is 11.3 Å². The van der Waals surface area contributed by atoms with Gasteiger partial charge in [-0.05, 0) is 35.7 Å². The molecule has 114 valence electrons. The van der Waals surface area contributed by atoms with Gasteiger partial charge in [-0.1, -0.05) is 44.2 Å². The van der Waals surface area contributed by atoms with Crippen LogP contribution in [0.15, 0.2) is 54.6 Å². The third-order valence-electron chi connectivity index (χ3n) is 3.54. The highest BCUT2D eigenvalue weighted by molar-refractivity contribution is 5.97. The van der Waals surface area contributed by atoms with E-state index < -0.39 is 5.91 Å². The molecule has 0 radical (unpaired) electrons. The van der Waals surface area contributed by atoms with Gasteiger partial charge >= 0.3 is 0 Å². The molecule has 22 heavy (non-hydrogen) atoms. The Bertz CT molecular complexity index is 649. The Kier molecular flexibility index (Phi) is 4.94. The SMILES string of the molecule is CC(C)C(C(=O)Nc1ccc(C(N)=O)cc1)c1ccccc1. The Labute approximate surface area is 130 Å². The first-order valence-electron chi connectivity index (χ1n) is 7.24. The van der Waals surface area contributed by atoms with Gasteiger partial charge in [0.05, 0.1) is 5.92 Å². The van der Waals surface area contributed by atoms with E-state index in [1.54, 1.807) is 24.3 Å². The fourth-order valence-electron chi connectivity index (χ4n) is 2.44. The minimum Gasteiger partial charge on any atom is -0.366 e. The quantitative estimate of drug-likeness (QED) is 0.889. The van der Waals surface area contributed by atoms with Crippen LogP contribution in [-0.4, -0.2) is 11.8 Å². The summed E-state index contributed by atoms with van der Waals surface area (Å²) in [7, 11) is 0. The predicted molar refractivity (Wildman–Crippen MR) is 87.6 cm³/mol. The molecular weight excluding hydrogens is 276 g/mol. The molecule has 3 N–H and O–H groups in total. The Balaban J connectivity index is 2.16. The number of carbonyl (C=O) groups is 2. The first-order valence-corrected chi connectivity index (χ1v) is 7.24. The van der Waals surface area contributed by atoms with Crippen molar-refractivity contribution in [1.82, 2.24) is 0 Å². The third kappa shape index (κ3) is 3.73. The average Bonchev–Trinajstić information content (AvgIpc) is 2.48. The average molecular weight is 296 g/mol. The summed E-state index contributed by atoms with van der Waals surface area (Å²) in [6.45, 7) is 4.04. The van der Waals surface area contributed by atoms with Crippen LogP contribution in [0.3, 0.4) is 0 Å². The maximum Gasteiger partial charge on any atom is 0.248 e. The van der Waals surface area contributed by atoms with Crippen molar-refractivity contribution in [2.75, 3.05) is 5.32 Å². The normalized spacial score (nSPS) is 12.0. The molecule has 0 fully saturated rings. The van der Waals surface area contributed by atoms with E-state index in [-0.39, 0.29) is 17.7 Å². The molecule has 1 unspecified atom stereocenters. The number of hydrogen-bond acceptors (Lipinski definition) is 2. The standard InChI is InChI=1S/C18H20N2O2/c1-12(2)16(13-6-4-3-5-7-13)18(22)20-15-10-8-14(9-11-15)17(19)21/h3-12,16H,1-2H3,(H2,19,21)(H,20,22). The van der Waals surface area contributed by atoms with Crippen molar-refractivity contribution in [3.63, 3.8) is 0 Å². The van der Waals surface area contributed by atoms with Gasteiger partial charge in [-0.25, -0.2) is 0 Å². The Morgan fingerprint density at radius 1 is 0.955 bits per heavy atom. The molecule has 0 spiro atoms. The fourth-order valence-corrected chi connectivity index (χ4v) is 2.44. The maximum atomic E-state index is 12.6. The van der Waals surface area contributed by atoms with Gasteiger partial charge in [0.2, 0.25) is 11.8 Å². The summed E-state index contributed by atoms with van der Waals surface area (Å²) >= 11 is 0. The lowest BCUT2D eigenvalue weighted by Gasteiger charge is -2.20. The van der Waals surface area contributed by atoms with Crippen molar-refractivity contribution in [3.05, 3.63) is 65.7 Å². The van der Waals surface area contributed by atoms with E-state index >= 15 is 0 Å². The van der Waals surface area contributed by atoms with Crippen LogP contribution in [-0.2, 0) is 4.79 Å². The number of benzene rings is 2. The van der Waals surface area contributed by atoms with Gasteiger partial charge in [0, 0.05) is 11.3 Å². The second-order valence-electron chi connectivity index (χ2n) is 5.56. The maximum absolute atomic E-state index is 12.6. The monoisotopic (exact) mass is 296 g/mol. The number of nitrogens with two attached hydrogens (primary N) is 1. The molecule has 2 amide bonds. The minimum absolute atomic E-state index is 0.0620. The lowest BCUT2D eigenvalue weighted by Crippen LogP contribution is -2.25. The molecule has 0 saturated heterocycles. The van der Waals surface area contributed by atoms with Crippen molar-refractivity contribution in [2.24, 2.45) is 11.7 Å². The third-order valence-corrected chi connectivity index (χ3v) is 3.54. The van der Waals surface area contributed by atoms with Gasteiger partial charge in [0.15, 0.2) is 0 Å². The van der Waals surface area contributed by atoms with E-state index in [9.17, 15) is 9.59 Å². The lowest BCUT2D eigenvalue weighted by atomic mass is 9.87. The molecule has 0 heterocycles. The highest BCUT2D eigenvalue weighted by Crippen LogP contribution is 2.26. The number of amides is 2. The van der Waals surface area contributed by atoms with Crippen LogP contribution < -0.4 is 11.1 Å². The predicted octanol–water partition coefficient (Wildman–Crippen LogP) is 3.16. The summed E-state index contributed by atoms with van der Waals surface area (Å²) in [4.78, 5) is 23.6. The van der Waals surface area contributed by atoms with Crippen LogP contribution in [0.5, 0.6) is 0 Å². The zero-order valence-electron chi connectivity index (χ0n) is 12.7. The summed E-state index contributed by atoms with van der Waals surface area (Å²) in [5, 5.41) is 2.90. The minimum atomic E-state index is -0.484. The number of hydrogen-bond donors (Lipinski definition) is 2. The van der Waals surface area contributed by atoms with Gasteiger partial charge < -0.3 is 11.1 Å². The van der Waals surface area contributed by atoms with E-state index in [0.717, 1.165) is 5.56 Å². The fraction of sp³-hybridized carbons (Fsp3) is 0.222. The lowest BCUT2D eigenvalue weighted by molar-refractivity contribution is -0.118. The van der Waals surface area contributed by atoms with E-state index in [2.05, 4.69) is 5.32 Å². The first kappa shape index (κ1) is 15.8. The first-order chi connectivity index (χ1) is 10.5. The number of nitrogens with one attached hydrogen (secondary N) is 1. The number of anilines is 1. The molecule has 4 nitrogen and oxygen atoms in total. The Morgan fingerprint density at radius 3 is 2.05 bits per heavy atom. The van der Waals surface area contributed by atoms with Gasteiger partial charge in [-0.3, -0.25) is 9.59 Å². The molecule has 2 aromatic rings. The highest BCUT2D eigenvalue weighted by atomic mass is 16.2.